The van der Waals surface area contributed by atoms with Crippen molar-refractivity contribution in [3.8, 4) is 5.75 Å². The quantitative estimate of drug-likeness (QED) is 0.774. The molecule has 0 aromatic heterocycles. The fraction of sp³-hybridized carbons (Fsp3) is 0.333. The second kappa shape index (κ2) is 8.17. The number of hydrogen-bond acceptors (Lipinski definition) is 4. The number of benzene rings is 1. The fourth-order valence-corrected chi connectivity index (χ4v) is 2.34. The summed E-state index contributed by atoms with van der Waals surface area (Å²) in [5.41, 5.74) is 0.466. The molecule has 0 fully saturated rings. The van der Waals surface area contributed by atoms with Gasteiger partial charge in [-0.15, -0.1) is 0 Å². The molecule has 0 saturated heterocycles. The van der Waals surface area contributed by atoms with Crippen LogP contribution in [0.3, 0.4) is 0 Å². The molecule has 23 heavy (non-hydrogen) atoms. The number of methoxy groups -OCH3 is 1. The number of unbranched alkanes of at least 4 members (excludes halogenated alkanes) is 1. The predicted molar refractivity (Wildman–Crippen MR) is 86.6 cm³/mol. The van der Waals surface area contributed by atoms with Gasteiger partial charge in [0.25, 0.3) is 0 Å². The molecule has 1 aliphatic heterocycles. The third-order valence-corrected chi connectivity index (χ3v) is 3.61. The Kier molecular flexibility index (Phi) is 5.97. The molecule has 2 rings (SSSR count). The number of nitrogens with zero attached hydrogens (tertiary/aromatic N) is 1. The molecule has 122 valence electrons. The molecule has 1 aromatic rings. The van der Waals surface area contributed by atoms with Gasteiger partial charge in [0.1, 0.15) is 5.75 Å². The van der Waals surface area contributed by atoms with Crippen LogP contribution in [0.1, 0.15) is 26.2 Å². The summed E-state index contributed by atoms with van der Waals surface area (Å²) in [7, 11) is 1.34. The highest BCUT2D eigenvalue weighted by Crippen LogP contribution is 2.26. The van der Waals surface area contributed by atoms with Crippen LogP contribution in [0.25, 0.3) is 0 Å². The van der Waals surface area contributed by atoms with Crippen molar-refractivity contribution in [2.75, 3.05) is 7.11 Å². The maximum Gasteiger partial charge on any atom is 0.423 e. The molecular formula is C18H21NO4. The minimum atomic E-state index is -0.567. The van der Waals surface area contributed by atoms with Crippen molar-refractivity contribution >= 4 is 12.1 Å². The van der Waals surface area contributed by atoms with Gasteiger partial charge in [-0.3, -0.25) is 4.90 Å². The molecule has 5 nitrogen and oxygen atoms in total. The van der Waals surface area contributed by atoms with Gasteiger partial charge in [-0.25, -0.2) is 9.59 Å². The van der Waals surface area contributed by atoms with Crippen molar-refractivity contribution in [3.05, 3.63) is 54.4 Å². The molecular weight excluding hydrogens is 294 g/mol. The number of ether oxygens (including phenoxy) is 2. The summed E-state index contributed by atoms with van der Waals surface area (Å²) >= 11 is 0. The summed E-state index contributed by atoms with van der Waals surface area (Å²) in [6, 6.07) is 8.79. The number of allylic oxidation sites excluding steroid dienone is 1. The number of carbonyl (C=O) groups is 2. The zero-order valence-corrected chi connectivity index (χ0v) is 13.4. The molecule has 0 radical (unpaired) electrons. The number of rotatable bonds is 5. The largest absolute Gasteiger partial charge is 0.466 e. The van der Waals surface area contributed by atoms with Crippen LogP contribution < -0.4 is 4.74 Å². The molecule has 1 atom stereocenters. The highest BCUT2D eigenvalue weighted by molar-refractivity contribution is 5.90. The van der Waals surface area contributed by atoms with E-state index in [1.54, 1.807) is 30.5 Å². The predicted octanol–water partition coefficient (Wildman–Crippen LogP) is 3.88. The van der Waals surface area contributed by atoms with E-state index in [9.17, 15) is 9.59 Å². The van der Waals surface area contributed by atoms with Crippen LogP contribution in [0.2, 0.25) is 0 Å². The van der Waals surface area contributed by atoms with Crippen LogP contribution in [0, 0.1) is 5.92 Å². The van der Waals surface area contributed by atoms with Crippen LogP contribution in [0.4, 0.5) is 4.79 Å². The third kappa shape index (κ3) is 4.45. The monoisotopic (exact) mass is 315 g/mol. The minimum absolute atomic E-state index is 0.0387. The Balaban J connectivity index is 2.12. The van der Waals surface area contributed by atoms with E-state index in [4.69, 9.17) is 9.47 Å². The van der Waals surface area contributed by atoms with Crippen LogP contribution in [-0.2, 0) is 9.53 Å². The zero-order valence-electron chi connectivity index (χ0n) is 13.4. The van der Waals surface area contributed by atoms with E-state index in [0.717, 1.165) is 19.3 Å². The van der Waals surface area contributed by atoms with Crippen LogP contribution in [0.15, 0.2) is 54.4 Å². The van der Waals surface area contributed by atoms with E-state index < -0.39 is 12.1 Å². The second-order valence-corrected chi connectivity index (χ2v) is 5.25. The van der Waals surface area contributed by atoms with Crippen LogP contribution in [0.5, 0.6) is 5.75 Å². The van der Waals surface area contributed by atoms with Crippen LogP contribution >= 0.6 is 0 Å². The first-order valence-corrected chi connectivity index (χ1v) is 7.69. The second-order valence-electron chi connectivity index (χ2n) is 5.25. The van der Waals surface area contributed by atoms with Crippen molar-refractivity contribution < 1.29 is 19.1 Å². The van der Waals surface area contributed by atoms with Gasteiger partial charge in [-0.1, -0.05) is 44.0 Å². The summed E-state index contributed by atoms with van der Waals surface area (Å²) in [5.74, 6) is -0.0110. The van der Waals surface area contributed by atoms with Crippen molar-refractivity contribution in [1.29, 1.82) is 0 Å². The molecule has 0 bridgehead atoms. The number of carbonyl (C=O) groups excluding carboxylic acids is 2. The summed E-state index contributed by atoms with van der Waals surface area (Å²) in [6.07, 6.45) is 7.29. The highest BCUT2D eigenvalue weighted by atomic mass is 16.6. The molecule has 5 heteroatoms. The van der Waals surface area contributed by atoms with Crippen molar-refractivity contribution in [2.45, 2.75) is 26.2 Å². The van der Waals surface area contributed by atoms with E-state index in [0.29, 0.717) is 11.3 Å². The Hall–Kier alpha value is -2.56. The van der Waals surface area contributed by atoms with Gasteiger partial charge >= 0.3 is 12.1 Å². The molecule has 1 aromatic carbocycles. The fourth-order valence-electron chi connectivity index (χ4n) is 2.34. The smallest absolute Gasteiger partial charge is 0.423 e. The van der Waals surface area contributed by atoms with E-state index in [1.807, 2.05) is 12.1 Å². The van der Waals surface area contributed by atoms with E-state index >= 15 is 0 Å². The number of amides is 1. The van der Waals surface area contributed by atoms with Crippen molar-refractivity contribution in [2.24, 2.45) is 5.92 Å². The summed E-state index contributed by atoms with van der Waals surface area (Å²) in [6.45, 7) is 2.09. The SMILES string of the molecule is CCCCC1C=CN(C(=O)Oc2ccccc2)C=C1C(=O)OC. The van der Waals surface area contributed by atoms with Gasteiger partial charge in [0.2, 0.25) is 0 Å². The van der Waals surface area contributed by atoms with Crippen molar-refractivity contribution in [3.63, 3.8) is 0 Å². The molecule has 0 N–H and O–H groups in total. The molecule has 1 aliphatic rings. The standard InChI is InChI=1S/C18H21NO4/c1-3-4-8-14-11-12-19(13-16(14)17(20)22-2)18(21)23-15-9-6-5-7-10-15/h5-7,9-14H,3-4,8H2,1-2H3. The lowest BCUT2D eigenvalue weighted by atomic mass is 9.92. The van der Waals surface area contributed by atoms with Gasteiger partial charge < -0.3 is 9.47 Å². The minimum Gasteiger partial charge on any atom is -0.466 e. The average molecular weight is 315 g/mol. The first kappa shape index (κ1) is 16.8. The topological polar surface area (TPSA) is 55.8 Å². The highest BCUT2D eigenvalue weighted by Gasteiger charge is 2.26. The first-order chi connectivity index (χ1) is 11.2. The molecule has 1 amide bonds. The lowest BCUT2D eigenvalue weighted by molar-refractivity contribution is -0.136. The van der Waals surface area contributed by atoms with E-state index in [1.165, 1.54) is 18.2 Å². The van der Waals surface area contributed by atoms with Gasteiger partial charge in [0, 0.05) is 18.3 Å². The molecule has 1 heterocycles. The first-order valence-electron chi connectivity index (χ1n) is 7.69. The third-order valence-electron chi connectivity index (χ3n) is 3.61. The molecule has 0 aliphatic carbocycles. The lowest BCUT2D eigenvalue weighted by Crippen LogP contribution is -2.29. The summed E-state index contributed by atoms with van der Waals surface area (Å²) in [5, 5.41) is 0. The Morgan fingerprint density at radius 1 is 1.22 bits per heavy atom. The van der Waals surface area contributed by atoms with Gasteiger partial charge in [-0.05, 0) is 18.6 Å². The Bertz CT molecular complexity index is 607. The van der Waals surface area contributed by atoms with E-state index in [-0.39, 0.29) is 5.92 Å². The van der Waals surface area contributed by atoms with Crippen LogP contribution in [-0.4, -0.2) is 24.1 Å². The van der Waals surface area contributed by atoms with E-state index in [2.05, 4.69) is 6.92 Å². The Labute approximate surface area is 136 Å². The van der Waals surface area contributed by atoms with Gasteiger partial charge in [0.05, 0.1) is 12.7 Å². The number of esters is 1. The van der Waals surface area contributed by atoms with Gasteiger partial charge in [0.15, 0.2) is 0 Å². The molecule has 0 spiro atoms. The average Bonchev–Trinajstić information content (AvgIpc) is 2.60. The Morgan fingerprint density at radius 2 is 1.96 bits per heavy atom. The number of para-hydroxylation sites is 1. The summed E-state index contributed by atoms with van der Waals surface area (Å²) < 4.78 is 10.1. The molecule has 0 saturated carbocycles. The molecule has 1 unspecified atom stereocenters. The Morgan fingerprint density at radius 3 is 2.61 bits per heavy atom. The van der Waals surface area contributed by atoms with Crippen molar-refractivity contribution in [1.82, 2.24) is 4.90 Å². The van der Waals surface area contributed by atoms with Gasteiger partial charge in [-0.2, -0.15) is 0 Å². The normalized spacial score (nSPS) is 16.7. The summed E-state index contributed by atoms with van der Waals surface area (Å²) in [4.78, 5) is 25.4. The lowest BCUT2D eigenvalue weighted by Gasteiger charge is -2.24. The maximum absolute atomic E-state index is 12.2. The number of hydrogen-bond donors (Lipinski definition) is 0. The maximum atomic E-state index is 12.2. The zero-order chi connectivity index (χ0) is 16.7.